The van der Waals surface area contributed by atoms with E-state index in [1.54, 1.807) is 36.1 Å². The number of amides is 2. The van der Waals surface area contributed by atoms with Crippen molar-refractivity contribution in [2.75, 3.05) is 12.3 Å². The molecule has 0 bridgehead atoms. The van der Waals surface area contributed by atoms with Crippen molar-refractivity contribution in [3.63, 3.8) is 0 Å². The van der Waals surface area contributed by atoms with Gasteiger partial charge < -0.3 is 10.2 Å². The molecule has 7 heteroatoms. The van der Waals surface area contributed by atoms with Crippen LogP contribution in [0.15, 0.2) is 29.2 Å². The average molecular weight is 378 g/mol. The molecule has 1 aliphatic carbocycles. The fraction of sp³-hybridized carbons (Fsp3) is 0.579. The van der Waals surface area contributed by atoms with Crippen LogP contribution in [0.25, 0.3) is 0 Å². The highest BCUT2D eigenvalue weighted by atomic mass is 32.2. The first-order valence-electron chi connectivity index (χ1n) is 9.32. The molecule has 2 fully saturated rings. The summed E-state index contributed by atoms with van der Waals surface area (Å²) in [5.74, 6) is 0.0422. The molecule has 1 unspecified atom stereocenters. The van der Waals surface area contributed by atoms with Crippen LogP contribution in [-0.2, 0) is 25.8 Å². The quantitative estimate of drug-likeness (QED) is 0.782. The van der Waals surface area contributed by atoms with Crippen molar-refractivity contribution in [1.29, 1.82) is 0 Å². The summed E-state index contributed by atoms with van der Waals surface area (Å²) in [6.07, 6.45) is 4.53. The summed E-state index contributed by atoms with van der Waals surface area (Å²) >= 11 is 0. The zero-order valence-electron chi connectivity index (χ0n) is 15.1. The molecule has 0 aromatic heterocycles. The summed E-state index contributed by atoms with van der Waals surface area (Å²) in [6.45, 7) is 2.25. The molecule has 1 aromatic rings. The average Bonchev–Trinajstić information content (AvgIpc) is 3.31. The summed E-state index contributed by atoms with van der Waals surface area (Å²) in [6, 6.07) is 6.69. The van der Waals surface area contributed by atoms with Gasteiger partial charge in [0.1, 0.15) is 6.04 Å². The minimum atomic E-state index is -3.20. The smallest absolute Gasteiger partial charge is 0.243 e. The maximum absolute atomic E-state index is 12.6. The Labute approximate surface area is 154 Å². The maximum Gasteiger partial charge on any atom is 0.243 e. The van der Waals surface area contributed by atoms with Crippen LogP contribution in [0.4, 0.5) is 0 Å². The molecule has 142 valence electrons. The number of carbonyl (C=O) groups excluding carboxylic acids is 2. The van der Waals surface area contributed by atoms with E-state index in [9.17, 15) is 18.0 Å². The van der Waals surface area contributed by atoms with Crippen LogP contribution in [-0.4, -0.2) is 49.5 Å². The summed E-state index contributed by atoms with van der Waals surface area (Å²) < 4.78 is 23.7. The number of carbonyl (C=O) groups is 2. The molecule has 26 heavy (non-hydrogen) atoms. The van der Waals surface area contributed by atoms with E-state index >= 15 is 0 Å². The Morgan fingerprint density at radius 2 is 1.85 bits per heavy atom. The van der Waals surface area contributed by atoms with Crippen LogP contribution in [0.5, 0.6) is 0 Å². The van der Waals surface area contributed by atoms with Crippen LogP contribution in [0.1, 0.15) is 44.6 Å². The molecule has 1 aliphatic heterocycles. The lowest BCUT2D eigenvalue weighted by molar-refractivity contribution is -0.138. The lowest BCUT2D eigenvalue weighted by atomic mass is 10.1. The second-order valence-electron chi connectivity index (χ2n) is 7.08. The molecule has 3 rings (SSSR count). The molecule has 1 N–H and O–H groups in total. The van der Waals surface area contributed by atoms with E-state index in [4.69, 9.17) is 0 Å². The lowest BCUT2D eigenvalue weighted by Gasteiger charge is -2.24. The van der Waals surface area contributed by atoms with Gasteiger partial charge in [-0.3, -0.25) is 9.59 Å². The molecule has 2 amide bonds. The van der Waals surface area contributed by atoms with Gasteiger partial charge in [0.05, 0.1) is 10.6 Å². The molecule has 2 aliphatic rings. The highest BCUT2D eigenvalue weighted by molar-refractivity contribution is 7.91. The van der Waals surface area contributed by atoms with Crippen molar-refractivity contribution >= 4 is 21.7 Å². The molecule has 1 atom stereocenters. The topological polar surface area (TPSA) is 83.6 Å². The van der Waals surface area contributed by atoms with Crippen molar-refractivity contribution in [3.8, 4) is 0 Å². The predicted molar refractivity (Wildman–Crippen MR) is 98.4 cm³/mol. The van der Waals surface area contributed by atoms with Gasteiger partial charge in [0.15, 0.2) is 9.84 Å². The van der Waals surface area contributed by atoms with E-state index in [2.05, 4.69) is 5.32 Å². The van der Waals surface area contributed by atoms with E-state index in [0.29, 0.717) is 30.3 Å². The largest absolute Gasteiger partial charge is 0.352 e. The van der Waals surface area contributed by atoms with E-state index in [-0.39, 0.29) is 23.6 Å². The Balaban J connectivity index is 1.55. The number of hydrogen-bond acceptors (Lipinski definition) is 4. The first-order valence-corrected chi connectivity index (χ1v) is 11.0. The van der Waals surface area contributed by atoms with E-state index in [0.717, 1.165) is 31.2 Å². The van der Waals surface area contributed by atoms with Crippen LogP contribution < -0.4 is 5.32 Å². The van der Waals surface area contributed by atoms with Crippen molar-refractivity contribution in [3.05, 3.63) is 29.8 Å². The van der Waals surface area contributed by atoms with Gasteiger partial charge in [-0.2, -0.15) is 0 Å². The van der Waals surface area contributed by atoms with Gasteiger partial charge in [-0.1, -0.05) is 19.1 Å². The molecule has 0 radical (unpaired) electrons. The van der Waals surface area contributed by atoms with Gasteiger partial charge in [0, 0.05) is 19.0 Å². The monoisotopic (exact) mass is 378 g/mol. The number of likely N-dealkylation sites (tertiary alicyclic amines) is 1. The Morgan fingerprint density at radius 3 is 2.46 bits per heavy atom. The van der Waals surface area contributed by atoms with E-state index < -0.39 is 9.84 Å². The summed E-state index contributed by atoms with van der Waals surface area (Å²) in [7, 11) is -3.20. The Bertz CT molecular complexity index is 769. The maximum atomic E-state index is 12.6. The van der Waals surface area contributed by atoms with Crippen molar-refractivity contribution in [2.24, 2.45) is 0 Å². The van der Waals surface area contributed by atoms with Crippen LogP contribution in [0, 0.1) is 0 Å². The third-order valence-electron chi connectivity index (χ3n) is 5.09. The Kier molecular flexibility index (Phi) is 5.65. The van der Waals surface area contributed by atoms with Gasteiger partial charge >= 0.3 is 0 Å². The van der Waals surface area contributed by atoms with E-state index in [1.165, 1.54) is 0 Å². The molecule has 0 spiro atoms. The molecule has 1 saturated heterocycles. The molecule has 6 nitrogen and oxygen atoms in total. The van der Waals surface area contributed by atoms with Crippen LogP contribution in [0.2, 0.25) is 0 Å². The van der Waals surface area contributed by atoms with Gasteiger partial charge in [-0.15, -0.1) is 0 Å². The van der Waals surface area contributed by atoms with Crippen LogP contribution in [0.3, 0.4) is 0 Å². The van der Waals surface area contributed by atoms with Crippen molar-refractivity contribution in [2.45, 2.75) is 62.4 Å². The van der Waals surface area contributed by atoms with Gasteiger partial charge in [0.2, 0.25) is 11.8 Å². The third kappa shape index (κ3) is 4.44. The molecular formula is C19H26N2O4S. The van der Waals surface area contributed by atoms with Crippen molar-refractivity contribution in [1.82, 2.24) is 10.2 Å². The normalized spacial score (nSPS) is 20.2. The van der Waals surface area contributed by atoms with Gasteiger partial charge in [-0.25, -0.2) is 8.42 Å². The summed E-state index contributed by atoms with van der Waals surface area (Å²) in [5, 5.41) is 2.99. The highest BCUT2D eigenvalue weighted by Gasteiger charge is 2.36. The third-order valence-corrected chi connectivity index (χ3v) is 6.84. The number of sulfone groups is 1. The first kappa shape index (κ1) is 18.9. The van der Waals surface area contributed by atoms with Crippen molar-refractivity contribution < 1.29 is 18.0 Å². The van der Waals surface area contributed by atoms with Gasteiger partial charge in [-0.05, 0) is 49.8 Å². The van der Waals surface area contributed by atoms with Crippen LogP contribution >= 0.6 is 0 Å². The Morgan fingerprint density at radius 1 is 1.15 bits per heavy atom. The predicted octanol–water partition coefficient (Wildman–Crippen LogP) is 1.68. The number of benzene rings is 1. The minimum Gasteiger partial charge on any atom is -0.352 e. The number of nitrogens with zero attached hydrogens (tertiary/aromatic N) is 1. The fourth-order valence-electron chi connectivity index (χ4n) is 3.29. The fourth-order valence-corrected chi connectivity index (χ4v) is 4.17. The summed E-state index contributed by atoms with van der Waals surface area (Å²) in [4.78, 5) is 26.9. The number of aryl methyl sites for hydroxylation is 1. The highest BCUT2D eigenvalue weighted by Crippen LogP contribution is 2.23. The lowest BCUT2D eigenvalue weighted by Crippen LogP contribution is -2.46. The van der Waals surface area contributed by atoms with Gasteiger partial charge in [0.25, 0.3) is 0 Å². The zero-order valence-corrected chi connectivity index (χ0v) is 15.9. The Hall–Kier alpha value is -1.89. The minimum absolute atomic E-state index is 0.0105. The summed E-state index contributed by atoms with van der Waals surface area (Å²) in [5.41, 5.74) is 0.923. The first-order chi connectivity index (χ1) is 12.4. The molecule has 1 aromatic carbocycles. The number of hydrogen-bond donors (Lipinski definition) is 1. The molecular weight excluding hydrogens is 352 g/mol. The second kappa shape index (κ2) is 7.78. The SMILES string of the molecule is CCS(=O)(=O)c1ccc(CCC(=O)N2CCCC2C(=O)NC2CC2)cc1. The number of nitrogens with one attached hydrogen (secondary N) is 1. The molecule has 1 heterocycles. The number of rotatable bonds is 7. The molecule has 1 saturated carbocycles. The standard InChI is InChI=1S/C19H26N2O4S/c1-2-26(24,25)16-10-5-14(6-11-16)7-12-18(22)21-13-3-4-17(21)19(23)20-15-8-9-15/h5-6,10-11,15,17H,2-4,7-9,12-13H2,1H3,(H,20,23). The zero-order chi connectivity index (χ0) is 18.7. The van der Waals surface area contributed by atoms with E-state index in [1.807, 2.05) is 0 Å². The second-order valence-corrected chi connectivity index (χ2v) is 9.35.